The Morgan fingerprint density at radius 3 is 2.70 bits per heavy atom. The first-order valence-corrected chi connectivity index (χ1v) is 6.51. The summed E-state index contributed by atoms with van der Waals surface area (Å²) in [6.45, 7) is 5.20. The maximum atomic E-state index is 12.6. The molecule has 1 aliphatic heterocycles. The molecule has 0 atom stereocenters. The predicted molar refractivity (Wildman–Crippen MR) is 69.6 cm³/mol. The summed E-state index contributed by atoms with van der Waals surface area (Å²) in [6, 6.07) is 0.883. The van der Waals surface area contributed by atoms with E-state index in [0.29, 0.717) is 6.54 Å². The zero-order chi connectivity index (χ0) is 14.6. The van der Waals surface area contributed by atoms with Gasteiger partial charge in [0.25, 0.3) is 0 Å². The number of alkyl halides is 3. The van der Waals surface area contributed by atoms with Crippen molar-refractivity contribution in [3.8, 4) is 0 Å². The molecule has 1 saturated heterocycles. The second-order valence-electron chi connectivity index (χ2n) is 4.75. The maximum absolute atomic E-state index is 12.6. The second-order valence-corrected chi connectivity index (χ2v) is 4.75. The minimum Gasteiger partial charge on any atom is -0.343 e. The van der Waals surface area contributed by atoms with Crippen molar-refractivity contribution in [2.75, 3.05) is 51.2 Å². The molecule has 1 aliphatic rings. The average Bonchev–Trinajstić information content (AvgIpc) is 2.45. The minimum atomic E-state index is -4.43. The predicted octanol–water partition coefficient (Wildman–Crippen LogP) is 0.837. The molecule has 2 rings (SSSR count). The van der Waals surface area contributed by atoms with Gasteiger partial charge in [-0.2, -0.15) is 13.2 Å². The largest absolute Gasteiger partial charge is 0.433 e. The molecule has 20 heavy (non-hydrogen) atoms. The van der Waals surface area contributed by atoms with Gasteiger partial charge in [0, 0.05) is 52.5 Å². The molecule has 1 aromatic heterocycles. The highest BCUT2D eigenvalue weighted by molar-refractivity contribution is 5.29. The molecule has 0 radical (unpaired) electrons. The zero-order valence-electron chi connectivity index (χ0n) is 11.3. The van der Waals surface area contributed by atoms with Crippen molar-refractivity contribution >= 4 is 5.95 Å². The first-order valence-electron chi connectivity index (χ1n) is 6.51. The van der Waals surface area contributed by atoms with E-state index < -0.39 is 11.9 Å². The van der Waals surface area contributed by atoms with E-state index in [1.54, 1.807) is 11.9 Å². The maximum Gasteiger partial charge on any atom is 0.433 e. The van der Waals surface area contributed by atoms with Crippen molar-refractivity contribution < 1.29 is 13.2 Å². The van der Waals surface area contributed by atoms with Gasteiger partial charge in [0.1, 0.15) is 5.69 Å². The van der Waals surface area contributed by atoms with Crippen LogP contribution in [0.25, 0.3) is 0 Å². The summed E-state index contributed by atoms with van der Waals surface area (Å²) in [6.07, 6.45) is -3.29. The van der Waals surface area contributed by atoms with Crippen LogP contribution in [0.2, 0.25) is 0 Å². The van der Waals surface area contributed by atoms with Gasteiger partial charge in [0.2, 0.25) is 5.95 Å². The minimum absolute atomic E-state index is 0.106. The first-order chi connectivity index (χ1) is 9.47. The molecule has 0 aromatic carbocycles. The normalized spacial score (nSPS) is 17.2. The van der Waals surface area contributed by atoms with Gasteiger partial charge in [0.05, 0.1) is 0 Å². The molecule has 0 amide bonds. The summed E-state index contributed by atoms with van der Waals surface area (Å²) in [4.78, 5) is 11.4. The lowest BCUT2D eigenvalue weighted by atomic mass is 10.3. The van der Waals surface area contributed by atoms with E-state index in [2.05, 4.69) is 20.2 Å². The molecule has 1 fully saturated rings. The van der Waals surface area contributed by atoms with Crippen molar-refractivity contribution in [2.45, 2.75) is 6.18 Å². The Hall–Kier alpha value is -1.41. The summed E-state index contributed by atoms with van der Waals surface area (Å²) < 4.78 is 37.8. The van der Waals surface area contributed by atoms with Gasteiger partial charge >= 0.3 is 6.18 Å². The zero-order valence-corrected chi connectivity index (χ0v) is 11.3. The Bertz CT molecular complexity index is 431. The highest BCUT2D eigenvalue weighted by Gasteiger charge is 2.33. The molecular weight excluding hydrogens is 271 g/mol. The fraction of sp³-hybridized carbons (Fsp3) is 0.667. The van der Waals surface area contributed by atoms with Gasteiger partial charge in [0.15, 0.2) is 0 Å². The lowest BCUT2D eigenvalue weighted by Gasteiger charge is -2.29. The summed E-state index contributed by atoms with van der Waals surface area (Å²) in [7, 11) is 1.71. The van der Waals surface area contributed by atoms with E-state index in [1.165, 1.54) is 0 Å². The third-order valence-electron chi connectivity index (χ3n) is 3.24. The number of anilines is 1. The fourth-order valence-corrected chi connectivity index (χ4v) is 2.02. The smallest absolute Gasteiger partial charge is 0.343 e. The van der Waals surface area contributed by atoms with Crippen LogP contribution < -0.4 is 10.2 Å². The van der Waals surface area contributed by atoms with Crippen LogP contribution in [0, 0.1) is 0 Å². The SMILES string of the molecule is CN(CCN1CCNCC1)c1nccc(C(F)(F)F)n1. The van der Waals surface area contributed by atoms with E-state index in [-0.39, 0.29) is 5.95 Å². The molecule has 112 valence electrons. The third-order valence-corrected chi connectivity index (χ3v) is 3.24. The quantitative estimate of drug-likeness (QED) is 0.890. The summed E-state index contributed by atoms with van der Waals surface area (Å²) in [5.41, 5.74) is -0.906. The molecule has 1 aromatic rings. The van der Waals surface area contributed by atoms with Gasteiger partial charge in [-0.3, -0.25) is 4.90 Å². The standard InChI is InChI=1S/C12H18F3N5/c1-19(8-9-20-6-4-16-5-7-20)11-17-3-2-10(18-11)12(13,14)15/h2-3,16H,4-9H2,1H3. The van der Waals surface area contributed by atoms with Crippen molar-refractivity contribution in [1.29, 1.82) is 0 Å². The fourth-order valence-electron chi connectivity index (χ4n) is 2.02. The van der Waals surface area contributed by atoms with Gasteiger partial charge in [-0.15, -0.1) is 0 Å². The molecule has 2 heterocycles. The van der Waals surface area contributed by atoms with Crippen LogP contribution in [0.3, 0.4) is 0 Å². The molecule has 0 saturated carbocycles. The lowest BCUT2D eigenvalue weighted by molar-refractivity contribution is -0.141. The van der Waals surface area contributed by atoms with Gasteiger partial charge < -0.3 is 10.2 Å². The van der Waals surface area contributed by atoms with E-state index >= 15 is 0 Å². The lowest BCUT2D eigenvalue weighted by Crippen LogP contribution is -2.46. The Balaban J connectivity index is 1.93. The molecule has 0 spiro atoms. The number of aromatic nitrogens is 2. The molecular formula is C12H18F3N5. The number of hydrogen-bond acceptors (Lipinski definition) is 5. The summed E-state index contributed by atoms with van der Waals surface area (Å²) in [5.74, 6) is 0.106. The number of nitrogens with one attached hydrogen (secondary N) is 1. The molecule has 0 unspecified atom stereocenters. The highest BCUT2D eigenvalue weighted by Crippen LogP contribution is 2.27. The van der Waals surface area contributed by atoms with Crippen LogP contribution in [0.5, 0.6) is 0 Å². The molecule has 8 heteroatoms. The van der Waals surface area contributed by atoms with Crippen molar-refractivity contribution in [1.82, 2.24) is 20.2 Å². The Labute approximate surface area is 115 Å². The second kappa shape index (κ2) is 6.36. The Kier molecular flexibility index (Phi) is 4.77. The van der Waals surface area contributed by atoms with E-state index in [0.717, 1.165) is 45.0 Å². The number of rotatable bonds is 4. The van der Waals surface area contributed by atoms with Crippen LogP contribution >= 0.6 is 0 Å². The third kappa shape index (κ3) is 4.04. The average molecular weight is 289 g/mol. The Morgan fingerprint density at radius 1 is 1.35 bits per heavy atom. The van der Waals surface area contributed by atoms with Crippen molar-refractivity contribution in [3.63, 3.8) is 0 Å². The van der Waals surface area contributed by atoms with Gasteiger partial charge in [-0.05, 0) is 6.07 Å². The summed E-state index contributed by atoms with van der Waals surface area (Å²) in [5, 5.41) is 3.25. The van der Waals surface area contributed by atoms with E-state index in [4.69, 9.17) is 0 Å². The number of likely N-dealkylation sites (N-methyl/N-ethyl adjacent to an activating group) is 1. The van der Waals surface area contributed by atoms with Crippen LogP contribution in [-0.2, 0) is 6.18 Å². The monoisotopic (exact) mass is 289 g/mol. The van der Waals surface area contributed by atoms with E-state index in [9.17, 15) is 13.2 Å². The molecule has 5 nitrogen and oxygen atoms in total. The van der Waals surface area contributed by atoms with Crippen molar-refractivity contribution in [3.05, 3.63) is 18.0 Å². The molecule has 0 aliphatic carbocycles. The van der Waals surface area contributed by atoms with Crippen LogP contribution in [0.4, 0.5) is 19.1 Å². The van der Waals surface area contributed by atoms with E-state index in [1.807, 2.05) is 0 Å². The highest BCUT2D eigenvalue weighted by atomic mass is 19.4. The van der Waals surface area contributed by atoms with Crippen LogP contribution in [0.1, 0.15) is 5.69 Å². The summed E-state index contributed by atoms with van der Waals surface area (Å²) >= 11 is 0. The molecule has 1 N–H and O–H groups in total. The Morgan fingerprint density at radius 2 is 2.05 bits per heavy atom. The first kappa shape index (κ1) is 15.0. The van der Waals surface area contributed by atoms with Crippen LogP contribution in [0.15, 0.2) is 12.3 Å². The van der Waals surface area contributed by atoms with Crippen LogP contribution in [-0.4, -0.2) is 61.2 Å². The van der Waals surface area contributed by atoms with Gasteiger partial charge in [-0.1, -0.05) is 0 Å². The van der Waals surface area contributed by atoms with Crippen molar-refractivity contribution in [2.24, 2.45) is 0 Å². The van der Waals surface area contributed by atoms with Gasteiger partial charge in [-0.25, -0.2) is 9.97 Å². The topological polar surface area (TPSA) is 44.3 Å². The molecule has 0 bridgehead atoms. The number of halogens is 3. The number of piperazine rings is 1. The number of nitrogens with zero attached hydrogens (tertiary/aromatic N) is 4. The number of hydrogen-bond donors (Lipinski definition) is 1.